The molecule has 0 radical (unpaired) electrons. The molecule has 9 nitrogen and oxygen atoms in total. The van der Waals surface area contributed by atoms with Gasteiger partial charge in [0.05, 0.1) is 11.8 Å². The lowest BCUT2D eigenvalue weighted by Gasteiger charge is -2.46. The van der Waals surface area contributed by atoms with E-state index in [0.717, 1.165) is 6.20 Å². The first-order valence-electron chi connectivity index (χ1n) is 10.5. The molecule has 0 unspecified atom stereocenters. The number of phenols is 1. The number of ketones is 2. The number of hydrogen-bond acceptors (Lipinski definition) is 8. The molecule has 3 aliphatic carbocycles. The van der Waals surface area contributed by atoms with E-state index in [4.69, 9.17) is 5.73 Å². The van der Waals surface area contributed by atoms with Crippen LogP contribution in [0.4, 0.5) is 4.39 Å². The first-order valence-corrected chi connectivity index (χ1v) is 10.5. The van der Waals surface area contributed by atoms with Crippen LogP contribution in [0.5, 0.6) is 5.75 Å². The van der Waals surface area contributed by atoms with E-state index >= 15 is 0 Å². The van der Waals surface area contributed by atoms with Gasteiger partial charge >= 0.3 is 0 Å². The quantitative estimate of drug-likeness (QED) is 0.416. The molecule has 3 atom stereocenters. The predicted octanol–water partition coefficient (Wildman–Crippen LogP) is 1.63. The van der Waals surface area contributed by atoms with Crippen molar-refractivity contribution in [3.8, 4) is 16.9 Å². The van der Waals surface area contributed by atoms with Crippen LogP contribution in [0.2, 0.25) is 0 Å². The fourth-order valence-electron chi connectivity index (χ4n) is 5.47. The van der Waals surface area contributed by atoms with Gasteiger partial charge in [0, 0.05) is 29.7 Å². The highest BCUT2D eigenvalue weighted by Gasteiger charge is 2.60. The minimum atomic E-state index is -2.62. The second kappa shape index (κ2) is 7.22. The highest BCUT2D eigenvalue weighted by molar-refractivity contribution is 6.22. The Hall–Kier alpha value is -4.05. The number of carbonyl (C=O) groups excluding carboxylic acids is 3. The average molecular weight is 466 g/mol. The second-order valence-electron chi connectivity index (χ2n) is 8.75. The summed E-state index contributed by atoms with van der Waals surface area (Å²) in [6.07, 6.45) is 2.09. The number of carbonyl (C=O) groups is 3. The van der Waals surface area contributed by atoms with E-state index in [1.165, 1.54) is 24.4 Å². The van der Waals surface area contributed by atoms with Gasteiger partial charge in [-0.25, -0.2) is 4.39 Å². The first kappa shape index (κ1) is 21.8. The molecule has 0 saturated heterocycles. The lowest BCUT2D eigenvalue weighted by molar-refractivity contribution is -0.147. The fraction of sp³-hybridized carbons (Fsp3) is 0.250. The summed E-state index contributed by atoms with van der Waals surface area (Å²) in [7, 11) is 0. The van der Waals surface area contributed by atoms with Crippen LogP contribution in [0.25, 0.3) is 16.9 Å². The molecule has 1 saturated carbocycles. The summed E-state index contributed by atoms with van der Waals surface area (Å²) in [5, 5.41) is 43.4. The number of aromatic nitrogens is 1. The minimum Gasteiger partial charge on any atom is -0.508 e. The van der Waals surface area contributed by atoms with Crippen LogP contribution in [0.15, 0.2) is 47.5 Å². The smallest absolute Gasteiger partial charge is 0.255 e. The largest absolute Gasteiger partial charge is 0.508 e. The Kier molecular flexibility index (Phi) is 4.63. The number of phenolic OH excluding ortho intramolecular Hbond substituents is 1. The zero-order valence-electron chi connectivity index (χ0n) is 17.6. The van der Waals surface area contributed by atoms with Gasteiger partial charge in [0.15, 0.2) is 11.4 Å². The van der Waals surface area contributed by atoms with Gasteiger partial charge in [0.1, 0.15) is 28.7 Å². The molecule has 3 aliphatic rings. The molecule has 174 valence electrons. The van der Waals surface area contributed by atoms with Crippen LogP contribution in [0.1, 0.15) is 24.0 Å². The topological polar surface area (TPSA) is 171 Å². The number of aliphatic hydroxyl groups excluding tert-OH is 2. The Bertz CT molecular complexity index is 1380. The van der Waals surface area contributed by atoms with E-state index in [-0.39, 0.29) is 35.3 Å². The molecular weight excluding hydrogens is 447 g/mol. The summed E-state index contributed by atoms with van der Waals surface area (Å²) in [6, 6.07) is 4.18. The highest BCUT2D eigenvalue weighted by Crippen LogP contribution is 2.53. The van der Waals surface area contributed by atoms with Crippen LogP contribution < -0.4 is 5.73 Å². The van der Waals surface area contributed by atoms with Crippen LogP contribution >= 0.6 is 0 Å². The number of aromatic hydroxyl groups is 1. The van der Waals surface area contributed by atoms with Crippen molar-refractivity contribution in [2.45, 2.75) is 24.9 Å². The van der Waals surface area contributed by atoms with Gasteiger partial charge in [-0.05, 0) is 42.0 Å². The molecule has 10 heteroatoms. The molecule has 6 N–H and O–H groups in total. The fourth-order valence-corrected chi connectivity index (χ4v) is 5.47. The molecule has 1 aromatic carbocycles. The van der Waals surface area contributed by atoms with Gasteiger partial charge in [-0.1, -0.05) is 6.07 Å². The predicted molar refractivity (Wildman–Crippen MR) is 115 cm³/mol. The van der Waals surface area contributed by atoms with Crippen LogP contribution in [-0.2, 0) is 20.8 Å². The molecule has 1 fully saturated rings. The Balaban J connectivity index is 1.73. The van der Waals surface area contributed by atoms with Crippen LogP contribution in [-0.4, -0.2) is 48.5 Å². The highest BCUT2D eigenvalue weighted by atomic mass is 19.1. The van der Waals surface area contributed by atoms with Gasteiger partial charge in [-0.15, -0.1) is 0 Å². The third kappa shape index (κ3) is 2.75. The van der Waals surface area contributed by atoms with Crippen molar-refractivity contribution < 1.29 is 39.2 Å². The van der Waals surface area contributed by atoms with E-state index in [0.29, 0.717) is 11.1 Å². The number of rotatable bonds is 2. The van der Waals surface area contributed by atoms with Crippen molar-refractivity contribution in [3.05, 3.63) is 64.4 Å². The third-order valence-electron chi connectivity index (χ3n) is 7.01. The molecule has 0 bridgehead atoms. The van der Waals surface area contributed by atoms with Crippen molar-refractivity contribution in [1.29, 1.82) is 0 Å². The van der Waals surface area contributed by atoms with Crippen molar-refractivity contribution >= 4 is 23.2 Å². The molecule has 0 aliphatic heterocycles. The number of nitrogens with zero attached hydrogens (tertiary/aromatic N) is 1. The normalized spacial score (nSPS) is 26.2. The standard InChI is InChI=1S/C24H19FN2O7/c25-14-8-27-4-3-12(14)11-1-2-15(28)18-13(11)6-9-5-10-7-16(29)19(23(26)33)22(32)24(10,34)21(31)17(9)20(18)30/h1-4,8-10,28,30,32,34H,5-7H2,(H2,26,33)/t9-,10+,24+/m1/s1. The van der Waals surface area contributed by atoms with Crippen molar-refractivity contribution in [2.75, 3.05) is 0 Å². The maximum Gasteiger partial charge on any atom is 0.255 e. The number of halogens is 1. The summed E-state index contributed by atoms with van der Waals surface area (Å²) in [5.41, 5.74) is 2.30. The third-order valence-corrected chi connectivity index (χ3v) is 7.01. The molecular formula is C24H19FN2O7. The van der Waals surface area contributed by atoms with Crippen LogP contribution in [0, 0.1) is 17.7 Å². The number of nitrogens with two attached hydrogens (primary N) is 1. The Morgan fingerprint density at radius 3 is 2.53 bits per heavy atom. The van der Waals surface area contributed by atoms with Gasteiger partial charge in [-0.2, -0.15) is 0 Å². The number of hydrogen-bond donors (Lipinski definition) is 5. The monoisotopic (exact) mass is 466 g/mol. The zero-order chi connectivity index (χ0) is 24.5. The molecule has 5 rings (SSSR count). The number of pyridine rings is 1. The summed E-state index contributed by atoms with van der Waals surface area (Å²) in [6.45, 7) is 0. The summed E-state index contributed by atoms with van der Waals surface area (Å²) >= 11 is 0. The first-order chi connectivity index (χ1) is 16.1. The lowest BCUT2D eigenvalue weighted by Crippen LogP contribution is -2.58. The van der Waals surface area contributed by atoms with Crippen LogP contribution in [0.3, 0.4) is 0 Å². The second-order valence-corrected chi connectivity index (χ2v) is 8.75. The Morgan fingerprint density at radius 2 is 1.85 bits per heavy atom. The minimum absolute atomic E-state index is 0.00314. The Labute approximate surface area is 191 Å². The number of Topliss-reactive ketones (excluding diaryl/α,β-unsaturated/α-hetero) is 2. The molecule has 1 heterocycles. The number of fused-ring (bicyclic) bond motifs is 3. The van der Waals surface area contributed by atoms with Gasteiger partial charge in [0.2, 0.25) is 5.78 Å². The molecule has 2 aromatic rings. The van der Waals surface area contributed by atoms with E-state index in [2.05, 4.69) is 4.98 Å². The van der Waals surface area contributed by atoms with Crippen molar-refractivity contribution in [1.82, 2.24) is 4.98 Å². The molecule has 0 spiro atoms. The SMILES string of the molecule is NC(=O)C1=C(O)[C@@]2(O)C(=O)C3=C(O)c4c(O)ccc(-c5ccncc5F)c4C[C@H]3C[C@H]2CC1=O. The Morgan fingerprint density at radius 1 is 1.12 bits per heavy atom. The molecule has 1 aromatic heterocycles. The number of aliphatic hydroxyl groups is 3. The number of benzene rings is 1. The van der Waals surface area contributed by atoms with E-state index < -0.39 is 64.2 Å². The van der Waals surface area contributed by atoms with E-state index in [9.17, 15) is 39.2 Å². The lowest BCUT2D eigenvalue weighted by atomic mass is 9.59. The number of primary amides is 1. The summed E-state index contributed by atoms with van der Waals surface area (Å²) < 4.78 is 14.5. The average Bonchev–Trinajstić information content (AvgIpc) is 2.77. The van der Waals surface area contributed by atoms with Crippen molar-refractivity contribution in [2.24, 2.45) is 17.6 Å². The van der Waals surface area contributed by atoms with E-state index in [1.54, 1.807) is 0 Å². The summed E-state index contributed by atoms with van der Waals surface area (Å²) in [5.74, 6) is -7.67. The zero-order valence-corrected chi connectivity index (χ0v) is 17.6. The van der Waals surface area contributed by atoms with Gasteiger partial charge < -0.3 is 26.2 Å². The van der Waals surface area contributed by atoms with E-state index in [1.807, 2.05) is 0 Å². The molecule has 1 amide bonds. The van der Waals surface area contributed by atoms with Gasteiger partial charge in [-0.3, -0.25) is 19.4 Å². The van der Waals surface area contributed by atoms with Gasteiger partial charge in [0.25, 0.3) is 5.91 Å². The maximum absolute atomic E-state index is 14.5. The molecule has 34 heavy (non-hydrogen) atoms. The summed E-state index contributed by atoms with van der Waals surface area (Å²) in [4.78, 5) is 41.3. The van der Waals surface area contributed by atoms with Crippen molar-refractivity contribution in [3.63, 3.8) is 0 Å². The maximum atomic E-state index is 14.5. The number of amides is 1.